The van der Waals surface area contributed by atoms with E-state index in [0.29, 0.717) is 28.6 Å². The Morgan fingerprint density at radius 1 is 0.510 bits per heavy atom. The Bertz CT molecular complexity index is 1790. The van der Waals surface area contributed by atoms with Gasteiger partial charge in [-0.25, -0.2) is 14.4 Å². The van der Waals surface area contributed by atoms with Crippen molar-refractivity contribution < 1.29 is 61.8 Å². The summed E-state index contributed by atoms with van der Waals surface area (Å²) in [5, 5.41) is 0. The van der Waals surface area contributed by atoms with Gasteiger partial charge in [-0.3, -0.25) is 0 Å². The minimum absolute atomic E-state index is 0.187. The highest BCUT2D eigenvalue weighted by molar-refractivity contribution is 5.91. The van der Waals surface area contributed by atoms with E-state index in [1.54, 1.807) is 79.9 Å². The van der Waals surface area contributed by atoms with Crippen molar-refractivity contribution in [3.05, 3.63) is 119 Å². The van der Waals surface area contributed by atoms with Crippen molar-refractivity contribution in [2.45, 2.75) is 37.0 Å². The van der Waals surface area contributed by atoms with Crippen LogP contribution in [0, 0.1) is 0 Å². The van der Waals surface area contributed by atoms with Gasteiger partial charge in [0.15, 0.2) is 30.9 Å². The molecule has 2 fully saturated rings. The molecule has 0 N–H and O–H groups in total. The fraction of sp³-hybridized carbons (Fsp3) is 0.289. The minimum Gasteiger partial charge on any atom is -0.497 e. The zero-order valence-corrected chi connectivity index (χ0v) is 28.2. The number of esters is 3. The molecule has 0 bridgehead atoms. The van der Waals surface area contributed by atoms with E-state index in [1.807, 2.05) is 0 Å². The summed E-state index contributed by atoms with van der Waals surface area (Å²) >= 11 is 0. The Labute approximate surface area is 293 Å². The average Bonchev–Trinajstić information content (AvgIpc) is 3.62. The highest BCUT2D eigenvalue weighted by atomic mass is 16.8. The Kier molecular flexibility index (Phi) is 11.0. The first-order chi connectivity index (χ1) is 24.8. The van der Waals surface area contributed by atoms with E-state index >= 15 is 0 Å². The molecule has 6 rings (SSSR count). The maximum Gasteiger partial charge on any atom is 0.338 e. The number of rotatable bonds is 12. The van der Waals surface area contributed by atoms with Crippen molar-refractivity contribution in [2.75, 3.05) is 35.0 Å². The second-order valence-electron chi connectivity index (χ2n) is 11.4. The number of ether oxygens (including phenoxy) is 10. The monoisotopic (exact) mass is 700 g/mol. The molecule has 13 nitrogen and oxygen atoms in total. The SMILES string of the molecule is COc1ccc(C(=O)OC[C@H]2O[C@@H]3O[C@H](c4ccc(OC)cc4)O[C@@H]3[C@@H](OC(=O)c3ccc(OC)cc3)[C@@H]2OC(=O)c2ccc(OC)cc2)cc1. The molecule has 0 saturated carbocycles. The molecule has 0 radical (unpaired) electrons. The van der Waals surface area contributed by atoms with Crippen molar-refractivity contribution >= 4 is 17.9 Å². The lowest BCUT2D eigenvalue weighted by Crippen LogP contribution is -2.60. The van der Waals surface area contributed by atoms with Crippen LogP contribution in [-0.4, -0.2) is 83.7 Å². The molecule has 0 aromatic heterocycles. The van der Waals surface area contributed by atoms with Gasteiger partial charge in [-0.05, 0) is 84.9 Å². The molecule has 0 aliphatic carbocycles. The third kappa shape index (κ3) is 8.07. The van der Waals surface area contributed by atoms with Gasteiger partial charge >= 0.3 is 17.9 Å². The van der Waals surface area contributed by atoms with Gasteiger partial charge in [-0.15, -0.1) is 0 Å². The molecule has 2 heterocycles. The zero-order chi connectivity index (χ0) is 35.9. The van der Waals surface area contributed by atoms with Crippen molar-refractivity contribution in [3.8, 4) is 23.0 Å². The van der Waals surface area contributed by atoms with Crippen LogP contribution in [0.15, 0.2) is 97.1 Å². The third-order valence-corrected chi connectivity index (χ3v) is 8.36. The van der Waals surface area contributed by atoms with E-state index in [9.17, 15) is 14.4 Å². The summed E-state index contributed by atoms with van der Waals surface area (Å²) in [7, 11) is 6.08. The van der Waals surface area contributed by atoms with Crippen LogP contribution >= 0.6 is 0 Å². The van der Waals surface area contributed by atoms with Gasteiger partial charge in [-0.1, -0.05) is 12.1 Å². The number of carbonyl (C=O) groups excluding carboxylic acids is 3. The minimum atomic E-state index is -1.33. The molecule has 0 spiro atoms. The number of carbonyl (C=O) groups is 3. The van der Waals surface area contributed by atoms with E-state index in [2.05, 4.69) is 0 Å². The highest BCUT2D eigenvalue weighted by Crippen LogP contribution is 2.41. The van der Waals surface area contributed by atoms with E-state index in [1.165, 1.54) is 45.6 Å². The lowest BCUT2D eigenvalue weighted by atomic mass is 9.98. The fourth-order valence-electron chi connectivity index (χ4n) is 5.56. The van der Waals surface area contributed by atoms with Crippen molar-refractivity contribution in [2.24, 2.45) is 0 Å². The summed E-state index contributed by atoms with van der Waals surface area (Å²) in [6, 6.07) is 25.9. The van der Waals surface area contributed by atoms with Crippen LogP contribution in [0.2, 0.25) is 0 Å². The number of benzene rings is 4. The van der Waals surface area contributed by atoms with Gasteiger partial charge in [0.25, 0.3) is 0 Å². The fourth-order valence-corrected chi connectivity index (χ4v) is 5.56. The van der Waals surface area contributed by atoms with Gasteiger partial charge in [0.1, 0.15) is 35.7 Å². The molecule has 0 unspecified atom stereocenters. The molecule has 6 atom stereocenters. The van der Waals surface area contributed by atoms with Gasteiger partial charge in [-0.2, -0.15) is 0 Å². The summed E-state index contributed by atoms with van der Waals surface area (Å²) in [5.74, 6) is 0.0938. The number of methoxy groups -OCH3 is 4. The predicted octanol–water partition coefficient (Wildman–Crippen LogP) is 5.17. The molecule has 2 aliphatic heterocycles. The van der Waals surface area contributed by atoms with Gasteiger partial charge in [0.2, 0.25) is 0 Å². The first kappa shape index (κ1) is 35.2. The Hall–Kier alpha value is -5.63. The lowest BCUT2D eigenvalue weighted by molar-refractivity contribution is -0.252. The molecule has 0 amide bonds. The largest absolute Gasteiger partial charge is 0.497 e. The number of fused-ring (bicyclic) bond motifs is 1. The van der Waals surface area contributed by atoms with Crippen LogP contribution in [0.4, 0.5) is 0 Å². The first-order valence-corrected chi connectivity index (χ1v) is 15.9. The molecule has 2 saturated heterocycles. The topological polar surface area (TPSA) is 144 Å². The summed E-state index contributed by atoms with van der Waals surface area (Å²) < 4.78 is 57.4. The van der Waals surface area contributed by atoms with E-state index in [0.717, 1.165) is 0 Å². The summed E-state index contributed by atoms with van der Waals surface area (Å²) in [4.78, 5) is 40.4. The second kappa shape index (κ2) is 15.9. The second-order valence-corrected chi connectivity index (χ2v) is 11.4. The summed E-state index contributed by atoms with van der Waals surface area (Å²) in [5.41, 5.74) is 1.26. The lowest BCUT2D eigenvalue weighted by Gasteiger charge is -2.41. The molecule has 51 heavy (non-hydrogen) atoms. The molecule has 4 aromatic carbocycles. The maximum absolute atomic E-state index is 13.6. The van der Waals surface area contributed by atoms with Crippen LogP contribution in [-0.2, 0) is 28.4 Å². The predicted molar refractivity (Wildman–Crippen MR) is 178 cm³/mol. The van der Waals surface area contributed by atoms with E-state index < -0.39 is 61.5 Å². The molecule has 13 heteroatoms. The third-order valence-electron chi connectivity index (χ3n) is 8.36. The van der Waals surface area contributed by atoms with Crippen LogP contribution in [0.1, 0.15) is 42.9 Å². The molecule has 2 aliphatic rings. The number of hydrogen-bond acceptors (Lipinski definition) is 13. The highest BCUT2D eigenvalue weighted by Gasteiger charge is 2.56. The zero-order valence-electron chi connectivity index (χ0n) is 28.2. The molecule has 4 aromatic rings. The number of hydrogen-bond donors (Lipinski definition) is 0. The van der Waals surface area contributed by atoms with Crippen molar-refractivity contribution in [1.82, 2.24) is 0 Å². The normalized spacial score (nSPS) is 22.2. The average molecular weight is 701 g/mol. The standard InChI is InChI=1S/C38H36O13/c1-42-26-13-5-22(6-14-26)34(39)46-21-30-31(48-35(40)23-7-15-27(43-2)16-8-23)32(49-36(41)24-9-17-28(44-3)18-10-24)33-38(47-30)51-37(50-33)25-11-19-29(45-4)20-12-25/h5-20,30-33,37-38H,21H2,1-4H3/t30-,31-,32+,33-,37-,38-/m1/s1. The van der Waals surface area contributed by atoms with Crippen molar-refractivity contribution in [3.63, 3.8) is 0 Å². The van der Waals surface area contributed by atoms with Crippen LogP contribution < -0.4 is 18.9 Å². The van der Waals surface area contributed by atoms with Gasteiger partial charge in [0.05, 0.1) is 45.1 Å². The quantitative estimate of drug-likeness (QED) is 0.142. The molecule has 266 valence electrons. The van der Waals surface area contributed by atoms with Crippen molar-refractivity contribution in [1.29, 1.82) is 0 Å². The van der Waals surface area contributed by atoms with Gasteiger partial charge in [0, 0.05) is 5.56 Å². The Morgan fingerprint density at radius 3 is 1.37 bits per heavy atom. The summed E-state index contributed by atoms with van der Waals surface area (Å²) in [6.45, 7) is -0.401. The maximum atomic E-state index is 13.6. The Balaban J connectivity index is 1.32. The van der Waals surface area contributed by atoms with E-state index in [-0.39, 0.29) is 16.7 Å². The van der Waals surface area contributed by atoms with Crippen LogP contribution in [0.25, 0.3) is 0 Å². The first-order valence-electron chi connectivity index (χ1n) is 15.9. The van der Waals surface area contributed by atoms with Crippen LogP contribution in [0.3, 0.4) is 0 Å². The van der Waals surface area contributed by atoms with Gasteiger partial charge < -0.3 is 47.4 Å². The molecular weight excluding hydrogens is 664 g/mol. The summed E-state index contributed by atoms with van der Waals surface area (Å²) in [6.07, 6.45) is -6.92. The van der Waals surface area contributed by atoms with E-state index in [4.69, 9.17) is 47.4 Å². The van der Waals surface area contributed by atoms with Crippen LogP contribution in [0.5, 0.6) is 23.0 Å². The molecular formula is C38H36O13. The Morgan fingerprint density at radius 2 is 0.922 bits per heavy atom. The smallest absolute Gasteiger partial charge is 0.338 e.